The fourth-order valence-electron chi connectivity index (χ4n) is 2.57. The summed E-state index contributed by atoms with van der Waals surface area (Å²) in [7, 11) is 0. The van der Waals surface area contributed by atoms with Gasteiger partial charge in [0.15, 0.2) is 0 Å². The average molecular weight is 248 g/mol. The number of thioether (sulfide) groups is 1. The molecule has 0 aliphatic carbocycles. The molecule has 88 valence electrons. The normalized spacial score (nSPS) is 34.2. The largest absolute Gasteiger partial charge is 0.370 e. The Hall–Kier alpha value is -1.12. The lowest BCUT2D eigenvalue weighted by molar-refractivity contribution is -0.117. The van der Waals surface area contributed by atoms with Gasteiger partial charge in [0, 0.05) is 11.3 Å². The lowest BCUT2D eigenvalue weighted by Gasteiger charge is -2.33. The van der Waals surface area contributed by atoms with Crippen molar-refractivity contribution in [3.63, 3.8) is 0 Å². The minimum atomic E-state index is -0.766. The van der Waals surface area contributed by atoms with Gasteiger partial charge in [-0.3, -0.25) is 4.79 Å². The smallest absolute Gasteiger partial charge is 0.248 e. The van der Waals surface area contributed by atoms with Crippen molar-refractivity contribution in [1.29, 1.82) is 5.26 Å². The summed E-state index contributed by atoms with van der Waals surface area (Å²) in [6, 6.07) is 2.32. The van der Waals surface area contributed by atoms with Crippen LogP contribution in [0.5, 0.6) is 0 Å². The number of hydrogen-bond acceptors (Lipinski definition) is 4. The summed E-state index contributed by atoms with van der Waals surface area (Å²) >= 11 is 1.45. The molecule has 17 heavy (non-hydrogen) atoms. The second-order valence-corrected chi connectivity index (χ2v) is 6.32. The lowest BCUT2D eigenvalue weighted by Crippen LogP contribution is -2.34. The third-order valence-electron chi connectivity index (χ3n) is 3.47. The van der Waals surface area contributed by atoms with E-state index in [0.717, 1.165) is 10.5 Å². The second-order valence-electron chi connectivity index (χ2n) is 5.23. The maximum absolute atomic E-state index is 11.5. The van der Waals surface area contributed by atoms with Gasteiger partial charge in [-0.2, -0.15) is 5.26 Å². The molecular weight excluding hydrogens is 236 g/mol. The molecule has 0 N–H and O–H groups in total. The van der Waals surface area contributed by atoms with Crippen LogP contribution in [0.25, 0.3) is 0 Å². The molecule has 0 bridgehead atoms. The molecule has 0 saturated heterocycles. The zero-order valence-electron chi connectivity index (χ0n) is 9.74. The summed E-state index contributed by atoms with van der Waals surface area (Å²) in [5, 5.41) is 10.1. The lowest BCUT2D eigenvalue weighted by atomic mass is 9.75. The van der Waals surface area contributed by atoms with Crippen LogP contribution < -0.4 is 0 Å². The second kappa shape index (κ2) is 3.21. The van der Waals surface area contributed by atoms with E-state index in [-0.39, 0.29) is 17.9 Å². The van der Waals surface area contributed by atoms with Crippen LogP contribution in [-0.2, 0) is 9.53 Å². The molecule has 0 saturated carbocycles. The number of rotatable bonds is 0. The Bertz CT molecular complexity index is 527. The fraction of sp³-hybridized carbons (Fsp3) is 0.583. The van der Waals surface area contributed by atoms with Crippen LogP contribution in [-0.4, -0.2) is 23.2 Å². The highest BCUT2D eigenvalue weighted by atomic mass is 32.2. The van der Waals surface area contributed by atoms with Crippen molar-refractivity contribution in [2.45, 2.75) is 32.3 Å². The van der Waals surface area contributed by atoms with E-state index in [2.05, 4.69) is 11.1 Å². The highest BCUT2D eigenvalue weighted by Gasteiger charge is 2.55. The maximum atomic E-state index is 11.5. The first-order chi connectivity index (χ1) is 7.97. The van der Waals surface area contributed by atoms with Crippen molar-refractivity contribution in [3.05, 3.63) is 10.5 Å². The van der Waals surface area contributed by atoms with E-state index in [1.54, 1.807) is 0 Å². The van der Waals surface area contributed by atoms with Crippen LogP contribution in [0.15, 0.2) is 15.5 Å². The molecule has 0 radical (unpaired) electrons. The van der Waals surface area contributed by atoms with Gasteiger partial charge < -0.3 is 4.74 Å². The number of nitrogens with zero attached hydrogens (tertiary/aromatic N) is 2. The molecule has 3 aliphatic heterocycles. The average Bonchev–Trinajstić information content (AvgIpc) is 2.70. The number of carbonyl (C=O) groups excluding carboxylic acids is 1. The SMILES string of the molecule is CC1(C)CC2=C(CO1)SC1=NC(=O)CC12C#N. The molecule has 3 rings (SSSR count). The summed E-state index contributed by atoms with van der Waals surface area (Å²) in [5.74, 6) is -0.176. The Labute approximate surface area is 104 Å². The highest BCUT2D eigenvalue weighted by molar-refractivity contribution is 8.17. The number of carbonyl (C=O) groups is 1. The fourth-order valence-corrected chi connectivity index (χ4v) is 3.85. The van der Waals surface area contributed by atoms with Gasteiger partial charge in [0.2, 0.25) is 5.91 Å². The summed E-state index contributed by atoms with van der Waals surface area (Å²) in [5.41, 5.74) is 0.0356. The Morgan fingerprint density at radius 1 is 1.47 bits per heavy atom. The first kappa shape index (κ1) is 11.0. The van der Waals surface area contributed by atoms with E-state index < -0.39 is 5.41 Å². The number of ether oxygens (including phenoxy) is 1. The zero-order chi connectivity index (χ0) is 12.3. The minimum Gasteiger partial charge on any atom is -0.370 e. The molecule has 0 aromatic carbocycles. The minimum absolute atomic E-state index is 0.176. The van der Waals surface area contributed by atoms with Crippen molar-refractivity contribution in [3.8, 4) is 6.07 Å². The van der Waals surface area contributed by atoms with Gasteiger partial charge in [-0.15, -0.1) is 0 Å². The number of fused-ring (bicyclic) bond motifs is 2. The first-order valence-electron chi connectivity index (χ1n) is 5.54. The number of aliphatic imine (C=N–C) groups is 1. The van der Waals surface area contributed by atoms with E-state index in [9.17, 15) is 10.1 Å². The van der Waals surface area contributed by atoms with Gasteiger partial charge in [0.25, 0.3) is 0 Å². The molecule has 0 fully saturated rings. The molecule has 0 spiro atoms. The van der Waals surface area contributed by atoms with E-state index in [4.69, 9.17) is 4.74 Å². The summed E-state index contributed by atoms with van der Waals surface area (Å²) < 4.78 is 5.73. The van der Waals surface area contributed by atoms with Gasteiger partial charge in [-0.25, -0.2) is 4.99 Å². The van der Waals surface area contributed by atoms with E-state index in [1.165, 1.54) is 11.8 Å². The molecule has 4 nitrogen and oxygen atoms in total. The van der Waals surface area contributed by atoms with Crippen LogP contribution in [0.2, 0.25) is 0 Å². The van der Waals surface area contributed by atoms with Crippen molar-refractivity contribution in [2.24, 2.45) is 10.4 Å². The number of nitriles is 1. The predicted octanol–water partition coefficient (Wildman–Crippen LogP) is 2.02. The van der Waals surface area contributed by atoms with Crippen LogP contribution in [0.1, 0.15) is 26.7 Å². The Morgan fingerprint density at radius 3 is 2.94 bits per heavy atom. The Kier molecular flexibility index (Phi) is 2.08. The van der Waals surface area contributed by atoms with Gasteiger partial charge in [0.1, 0.15) is 10.5 Å². The predicted molar refractivity (Wildman–Crippen MR) is 64.4 cm³/mol. The quantitative estimate of drug-likeness (QED) is 0.658. The van der Waals surface area contributed by atoms with Crippen LogP contribution in [0, 0.1) is 16.7 Å². The van der Waals surface area contributed by atoms with Crippen LogP contribution in [0.4, 0.5) is 0 Å². The van der Waals surface area contributed by atoms with Crippen LogP contribution in [0.3, 0.4) is 0 Å². The first-order valence-corrected chi connectivity index (χ1v) is 6.36. The van der Waals surface area contributed by atoms with Crippen molar-refractivity contribution in [2.75, 3.05) is 6.61 Å². The number of hydrogen-bond donors (Lipinski definition) is 0. The van der Waals surface area contributed by atoms with Crippen molar-refractivity contribution >= 4 is 22.7 Å². The molecule has 3 heterocycles. The third-order valence-corrected chi connectivity index (χ3v) is 4.71. The summed E-state index contributed by atoms with van der Waals surface area (Å²) in [6.45, 7) is 4.56. The van der Waals surface area contributed by atoms with E-state index in [1.807, 2.05) is 13.8 Å². The topological polar surface area (TPSA) is 62.4 Å². The summed E-state index contributed by atoms with van der Waals surface area (Å²) in [4.78, 5) is 16.5. The van der Waals surface area contributed by atoms with E-state index in [0.29, 0.717) is 18.1 Å². The monoisotopic (exact) mass is 248 g/mol. The molecule has 3 aliphatic rings. The standard InChI is InChI=1S/C12H12N2O2S/c1-11(2)3-7-8(5-16-11)17-10-12(7,6-13)4-9(15)14-10/h3-5H2,1-2H3. The molecule has 0 aromatic rings. The molecule has 5 heteroatoms. The summed E-state index contributed by atoms with van der Waals surface area (Å²) in [6.07, 6.45) is 0.913. The van der Waals surface area contributed by atoms with Crippen molar-refractivity contribution < 1.29 is 9.53 Å². The van der Waals surface area contributed by atoms with Gasteiger partial charge in [0.05, 0.1) is 24.7 Å². The van der Waals surface area contributed by atoms with Gasteiger partial charge >= 0.3 is 0 Å². The van der Waals surface area contributed by atoms with Gasteiger partial charge in [-0.05, 0) is 19.4 Å². The molecular formula is C12H12N2O2S. The number of amides is 1. The highest BCUT2D eigenvalue weighted by Crippen LogP contribution is 2.56. The maximum Gasteiger partial charge on any atom is 0.248 e. The van der Waals surface area contributed by atoms with Gasteiger partial charge in [-0.1, -0.05) is 11.8 Å². The Balaban J connectivity index is 2.09. The Morgan fingerprint density at radius 2 is 2.24 bits per heavy atom. The molecule has 1 unspecified atom stereocenters. The molecule has 1 atom stereocenters. The van der Waals surface area contributed by atoms with E-state index >= 15 is 0 Å². The molecule has 0 aromatic heterocycles. The third kappa shape index (κ3) is 1.41. The molecule has 1 amide bonds. The van der Waals surface area contributed by atoms with Crippen molar-refractivity contribution in [1.82, 2.24) is 0 Å². The van der Waals surface area contributed by atoms with Crippen LogP contribution >= 0.6 is 11.8 Å². The zero-order valence-corrected chi connectivity index (χ0v) is 10.6.